The Labute approximate surface area is 145 Å². The highest BCUT2D eigenvalue weighted by Crippen LogP contribution is 2.25. The summed E-state index contributed by atoms with van der Waals surface area (Å²) in [5.41, 5.74) is 2.01. The van der Waals surface area contributed by atoms with Gasteiger partial charge in [0.15, 0.2) is 0 Å². The topological polar surface area (TPSA) is 59.6 Å². The number of rotatable bonds is 8. The quantitative estimate of drug-likeness (QED) is 0.767. The molecule has 0 radical (unpaired) electrons. The molecule has 1 fully saturated rings. The highest BCUT2D eigenvalue weighted by atomic mass is 16.5. The largest absolute Gasteiger partial charge is 0.493 e. The minimum atomic E-state index is -0.275. The molecule has 1 aliphatic rings. The Morgan fingerprint density at radius 3 is 2.83 bits per heavy atom. The molecule has 24 heavy (non-hydrogen) atoms. The molecule has 1 amide bonds. The molecule has 5 nitrogen and oxygen atoms in total. The van der Waals surface area contributed by atoms with Gasteiger partial charge in [0.05, 0.1) is 6.61 Å². The summed E-state index contributed by atoms with van der Waals surface area (Å²) >= 11 is 0. The Bertz CT molecular complexity index is 527. The van der Waals surface area contributed by atoms with Crippen LogP contribution < -0.4 is 15.4 Å². The highest BCUT2D eigenvalue weighted by Gasteiger charge is 2.16. The summed E-state index contributed by atoms with van der Waals surface area (Å²) in [6.45, 7) is 9.05. The second-order valence-electron chi connectivity index (χ2n) is 6.50. The van der Waals surface area contributed by atoms with E-state index >= 15 is 0 Å². The SMILES string of the molecule is CCCNC(=O)[C@H](C)Nc1ccc(C)c(OCC2CCOCC2)c1. The molecule has 134 valence electrons. The van der Waals surface area contributed by atoms with Crippen LogP contribution in [-0.2, 0) is 9.53 Å². The van der Waals surface area contributed by atoms with Gasteiger partial charge in [0, 0.05) is 31.5 Å². The monoisotopic (exact) mass is 334 g/mol. The van der Waals surface area contributed by atoms with Crippen LogP contribution >= 0.6 is 0 Å². The lowest BCUT2D eigenvalue weighted by molar-refractivity contribution is -0.121. The van der Waals surface area contributed by atoms with E-state index in [1.807, 2.05) is 39.0 Å². The maximum absolute atomic E-state index is 12.0. The van der Waals surface area contributed by atoms with E-state index < -0.39 is 0 Å². The van der Waals surface area contributed by atoms with Gasteiger partial charge in [-0.2, -0.15) is 0 Å². The Morgan fingerprint density at radius 2 is 2.12 bits per heavy atom. The van der Waals surface area contributed by atoms with Crippen molar-refractivity contribution < 1.29 is 14.3 Å². The van der Waals surface area contributed by atoms with Crippen LogP contribution in [0.25, 0.3) is 0 Å². The lowest BCUT2D eigenvalue weighted by Crippen LogP contribution is -2.37. The van der Waals surface area contributed by atoms with Gasteiger partial charge in [-0.15, -0.1) is 0 Å². The van der Waals surface area contributed by atoms with Gasteiger partial charge in [-0.05, 0) is 50.7 Å². The normalized spacial score (nSPS) is 16.5. The minimum Gasteiger partial charge on any atom is -0.493 e. The summed E-state index contributed by atoms with van der Waals surface area (Å²) < 4.78 is 11.4. The lowest BCUT2D eigenvalue weighted by atomic mass is 10.0. The summed E-state index contributed by atoms with van der Waals surface area (Å²) in [4.78, 5) is 12.0. The first-order valence-corrected chi connectivity index (χ1v) is 8.95. The molecule has 0 bridgehead atoms. The molecule has 0 unspecified atom stereocenters. The van der Waals surface area contributed by atoms with E-state index in [0.29, 0.717) is 12.5 Å². The molecule has 1 aromatic carbocycles. The number of aryl methyl sites for hydroxylation is 1. The molecule has 2 rings (SSSR count). The Kier molecular flexibility index (Phi) is 7.37. The predicted molar refractivity (Wildman–Crippen MR) is 96.6 cm³/mol. The molecule has 1 aromatic rings. The van der Waals surface area contributed by atoms with Crippen LogP contribution in [0.1, 0.15) is 38.7 Å². The zero-order valence-corrected chi connectivity index (χ0v) is 15.1. The van der Waals surface area contributed by atoms with E-state index in [9.17, 15) is 4.79 Å². The zero-order chi connectivity index (χ0) is 17.4. The molecule has 1 saturated heterocycles. The molecule has 2 N–H and O–H groups in total. The first kappa shape index (κ1) is 18.6. The molecule has 5 heteroatoms. The van der Waals surface area contributed by atoms with Gasteiger partial charge in [-0.3, -0.25) is 4.79 Å². The predicted octanol–water partition coefficient (Wildman–Crippen LogP) is 3.13. The van der Waals surface area contributed by atoms with E-state index in [1.165, 1.54) is 0 Å². The molecule has 0 aromatic heterocycles. The van der Waals surface area contributed by atoms with Crippen molar-refractivity contribution in [2.24, 2.45) is 5.92 Å². The van der Waals surface area contributed by atoms with E-state index in [1.54, 1.807) is 0 Å². The molecule has 1 heterocycles. The summed E-state index contributed by atoms with van der Waals surface area (Å²) in [6.07, 6.45) is 3.06. The first-order valence-electron chi connectivity index (χ1n) is 8.95. The Balaban J connectivity index is 1.90. The molecule has 0 saturated carbocycles. The van der Waals surface area contributed by atoms with Crippen molar-refractivity contribution in [3.05, 3.63) is 23.8 Å². The van der Waals surface area contributed by atoms with E-state index in [-0.39, 0.29) is 11.9 Å². The Hall–Kier alpha value is -1.75. The highest BCUT2D eigenvalue weighted by molar-refractivity contribution is 5.84. The van der Waals surface area contributed by atoms with Gasteiger partial charge in [0.25, 0.3) is 0 Å². The van der Waals surface area contributed by atoms with Crippen LogP contribution in [0.2, 0.25) is 0 Å². The smallest absolute Gasteiger partial charge is 0.242 e. The summed E-state index contributed by atoms with van der Waals surface area (Å²) in [5, 5.41) is 6.15. The molecular formula is C19H30N2O3. The van der Waals surface area contributed by atoms with Crippen molar-refractivity contribution >= 4 is 11.6 Å². The van der Waals surface area contributed by atoms with Gasteiger partial charge in [-0.25, -0.2) is 0 Å². The van der Waals surface area contributed by atoms with Crippen LogP contribution in [0, 0.1) is 12.8 Å². The van der Waals surface area contributed by atoms with Crippen molar-refractivity contribution in [1.82, 2.24) is 5.32 Å². The number of carbonyl (C=O) groups is 1. The number of benzene rings is 1. The van der Waals surface area contributed by atoms with Crippen molar-refractivity contribution in [2.75, 3.05) is 31.7 Å². The van der Waals surface area contributed by atoms with Crippen LogP contribution in [-0.4, -0.2) is 38.3 Å². The van der Waals surface area contributed by atoms with Crippen molar-refractivity contribution in [2.45, 2.75) is 46.1 Å². The second kappa shape index (κ2) is 9.52. The van der Waals surface area contributed by atoms with Crippen LogP contribution in [0.4, 0.5) is 5.69 Å². The van der Waals surface area contributed by atoms with E-state index in [4.69, 9.17) is 9.47 Å². The molecule has 0 aliphatic carbocycles. The van der Waals surface area contributed by atoms with Gasteiger partial charge < -0.3 is 20.1 Å². The van der Waals surface area contributed by atoms with Crippen molar-refractivity contribution in [1.29, 1.82) is 0 Å². The first-order chi connectivity index (χ1) is 11.6. The number of nitrogens with one attached hydrogen (secondary N) is 2. The maximum Gasteiger partial charge on any atom is 0.242 e. The van der Waals surface area contributed by atoms with Crippen LogP contribution in [0.3, 0.4) is 0 Å². The van der Waals surface area contributed by atoms with E-state index in [2.05, 4.69) is 10.6 Å². The number of anilines is 1. The van der Waals surface area contributed by atoms with Gasteiger partial charge in [0.1, 0.15) is 11.8 Å². The standard InChI is InChI=1S/C19H30N2O3/c1-4-9-20-19(22)15(3)21-17-6-5-14(2)18(12-17)24-13-16-7-10-23-11-8-16/h5-6,12,15-16,21H,4,7-11,13H2,1-3H3,(H,20,22)/t15-/m0/s1. The average molecular weight is 334 g/mol. The zero-order valence-electron chi connectivity index (χ0n) is 15.1. The fourth-order valence-electron chi connectivity index (χ4n) is 2.68. The fraction of sp³-hybridized carbons (Fsp3) is 0.632. The minimum absolute atomic E-state index is 0.0158. The number of amides is 1. The third-order valence-electron chi connectivity index (χ3n) is 4.33. The van der Waals surface area contributed by atoms with E-state index in [0.717, 1.165) is 56.1 Å². The van der Waals surface area contributed by atoms with Crippen molar-refractivity contribution in [3.8, 4) is 5.75 Å². The molecule has 0 spiro atoms. The molecular weight excluding hydrogens is 304 g/mol. The average Bonchev–Trinajstić information content (AvgIpc) is 2.60. The lowest BCUT2D eigenvalue weighted by Gasteiger charge is -2.23. The Morgan fingerprint density at radius 1 is 1.38 bits per heavy atom. The second-order valence-corrected chi connectivity index (χ2v) is 6.50. The maximum atomic E-state index is 12.0. The van der Waals surface area contributed by atoms with Crippen LogP contribution in [0.5, 0.6) is 5.75 Å². The fourth-order valence-corrected chi connectivity index (χ4v) is 2.68. The molecule has 1 atom stereocenters. The van der Waals surface area contributed by atoms with Gasteiger partial charge >= 0.3 is 0 Å². The molecule has 1 aliphatic heterocycles. The summed E-state index contributed by atoms with van der Waals surface area (Å²) in [7, 11) is 0. The van der Waals surface area contributed by atoms with Gasteiger partial charge in [-0.1, -0.05) is 13.0 Å². The third kappa shape index (κ3) is 5.71. The third-order valence-corrected chi connectivity index (χ3v) is 4.33. The van der Waals surface area contributed by atoms with Gasteiger partial charge in [0.2, 0.25) is 5.91 Å². The van der Waals surface area contributed by atoms with Crippen LogP contribution in [0.15, 0.2) is 18.2 Å². The summed E-state index contributed by atoms with van der Waals surface area (Å²) in [5.74, 6) is 1.46. The number of carbonyl (C=O) groups excluding carboxylic acids is 1. The number of hydrogen-bond donors (Lipinski definition) is 2. The number of ether oxygens (including phenoxy) is 2. The van der Waals surface area contributed by atoms with Crippen molar-refractivity contribution in [3.63, 3.8) is 0 Å². The summed E-state index contributed by atoms with van der Waals surface area (Å²) in [6, 6.07) is 5.72. The number of hydrogen-bond acceptors (Lipinski definition) is 4.